The SMILES string of the molecule is CC(C)CCCCCCCCCCC[C@@H](OCc1ccccc1)[C@H]1COC2(CCCCC2)O1. The molecule has 1 aliphatic heterocycles. The zero-order valence-corrected chi connectivity index (χ0v) is 21.6. The van der Waals surface area contributed by atoms with Gasteiger partial charge in [-0.15, -0.1) is 0 Å². The van der Waals surface area contributed by atoms with E-state index in [1.165, 1.54) is 89.0 Å². The van der Waals surface area contributed by atoms with Gasteiger partial charge in [0.1, 0.15) is 6.10 Å². The van der Waals surface area contributed by atoms with E-state index in [9.17, 15) is 0 Å². The van der Waals surface area contributed by atoms with Crippen molar-refractivity contribution in [1.82, 2.24) is 0 Å². The van der Waals surface area contributed by atoms with E-state index in [-0.39, 0.29) is 18.0 Å². The molecule has 0 unspecified atom stereocenters. The van der Waals surface area contributed by atoms with Gasteiger partial charge in [-0.25, -0.2) is 0 Å². The minimum absolute atomic E-state index is 0.0812. The third kappa shape index (κ3) is 10.1. The van der Waals surface area contributed by atoms with Gasteiger partial charge >= 0.3 is 0 Å². The summed E-state index contributed by atoms with van der Waals surface area (Å²) in [6, 6.07) is 10.5. The second kappa shape index (κ2) is 15.2. The Kier molecular flexibility index (Phi) is 12.3. The van der Waals surface area contributed by atoms with Crippen LogP contribution in [0.1, 0.15) is 122 Å². The fourth-order valence-corrected chi connectivity index (χ4v) is 5.40. The van der Waals surface area contributed by atoms with Gasteiger partial charge < -0.3 is 14.2 Å². The zero-order chi connectivity index (χ0) is 23.2. The van der Waals surface area contributed by atoms with Crippen LogP contribution in [-0.4, -0.2) is 24.6 Å². The summed E-state index contributed by atoms with van der Waals surface area (Å²) in [5, 5.41) is 0. The van der Waals surface area contributed by atoms with Crippen LogP contribution < -0.4 is 0 Å². The quantitative estimate of drug-likeness (QED) is 0.232. The van der Waals surface area contributed by atoms with Crippen LogP contribution in [-0.2, 0) is 20.8 Å². The van der Waals surface area contributed by atoms with Gasteiger partial charge in [0.15, 0.2) is 5.79 Å². The summed E-state index contributed by atoms with van der Waals surface area (Å²) in [5.74, 6) is 0.548. The highest BCUT2D eigenvalue weighted by Gasteiger charge is 2.44. The molecule has 0 radical (unpaired) electrons. The van der Waals surface area contributed by atoms with Gasteiger partial charge in [-0.3, -0.25) is 0 Å². The van der Waals surface area contributed by atoms with Crippen LogP contribution in [0.5, 0.6) is 0 Å². The molecule has 2 fully saturated rings. The Hall–Kier alpha value is -0.900. The van der Waals surface area contributed by atoms with Gasteiger partial charge in [0.25, 0.3) is 0 Å². The van der Waals surface area contributed by atoms with E-state index in [4.69, 9.17) is 14.2 Å². The smallest absolute Gasteiger partial charge is 0.169 e. The van der Waals surface area contributed by atoms with E-state index in [1.807, 2.05) is 0 Å². The minimum Gasteiger partial charge on any atom is -0.371 e. The van der Waals surface area contributed by atoms with Crippen molar-refractivity contribution in [1.29, 1.82) is 0 Å². The number of unbranched alkanes of at least 4 members (excludes halogenated alkanes) is 8. The van der Waals surface area contributed by atoms with Crippen LogP contribution in [0, 0.1) is 5.92 Å². The lowest BCUT2D eigenvalue weighted by molar-refractivity contribution is -0.199. The Morgan fingerprint density at radius 3 is 2.06 bits per heavy atom. The highest BCUT2D eigenvalue weighted by molar-refractivity contribution is 5.13. The predicted molar refractivity (Wildman–Crippen MR) is 137 cm³/mol. The van der Waals surface area contributed by atoms with Crippen molar-refractivity contribution in [3.63, 3.8) is 0 Å². The number of hydrogen-bond acceptors (Lipinski definition) is 3. The summed E-state index contributed by atoms with van der Waals surface area (Å²) in [6.07, 6.45) is 20.9. The first kappa shape index (κ1) is 26.7. The van der Waals surface area contributed by atoms with E-state index in [2.05, 4.69) is 44.2 Å². The molecule has 1 saturated carbocycles. The van der Waals surface area contributed by atoms with Crippen LogP contribution in [0.2, 0.25) is 0 Å². The lowest BCUT2D eigenvalue weighted by atomic mass is 9.94. The molecule has 0 bridgehead atoms. The van der Waals surface area contributed by atoms with E-state index in [0.717, 1.165) is 25.2 Å². The molecule has 1 saturated heterocycles. The highest BCUT2D eigenvalue weighted by Crippen LogP contribution is 2.39. The predicted octanol–water partition coefficient (Wildman–Crippen LogP) is 8.59. The lowest BCUT2D eigenvalue weighted by Crippen LogP contribution is -2.37. The summed E-state index contributed by atoms with van der Waals surface area (Å²) < 4.78 is 19.2. The molecule has 2 atom stereocenters. The fraction of sp³-hybridized carbons (Fsp3) is 0.800. The van der Waals surface area contributed by atoms with E-state index in [0.29, 0.717) is 13.2 Å². The Morgan fingerprint density at radius 1 is 0.818 bits per heavy atom. The summed E-state index contributed by atoms with van der Waals surface area (Å²) in [4.78, 5) is 0. The van der Waals surface area contributed by atoms with E-state index in [1.54, 1.807) is 0 Å². The molecule has 0 amide bonds. The molecular weight excluding hydrogens is 408 g/mol. The molecule has 33 heavy (non-hydrogen) atoms. The van der Waals surface area contributed by atoms with Crippen LogP contribution in [0.4, 0.5) is 0 Å². The largest absolute Gasteiger partial charge is 0.371 e. The van der Waals surface area contributed by atoms with Crippen LogP contribution in [0.25, 0.3) is 0 Å². The summed E-state index contributed by atoms with van der Waals surface area (Å²) in [5.41, 5.74) is 1.24. The van der Waals surface area contributed by atoms with Crippen molar-refractivity contribution in [2.75, 3.05) is 6.61 Å². The lowest BCUT2D eigenvalue weighted by Gasteiger charge is -2.33. The van der Waals surface area contributed by atoms with Crippen molar-refractivity contribution >= 4 is 0 Å². The van der Waals surface area contributed by atoms with Crippen molar-refractivity contribution in [2.45, 2.75) is 141 Å². The Balaban J connectivity index is 1.33. The zero-order valence-electron chi connectivity index (χ0n) is 21.6. The molecule has 3 rings (SSSR count). The maximum Gasteiger partial charge on any atom is 0.169 e. The molecule has 1 aromatic rings. The van der Waals surface area contributed by atoms with Crippen LogP contribution >= 0.6 is 0 Å². The third-order valence-corrected chi connectivity index (χ3v) is 7.48. The van der Waals surface area contributed by atoms with Crippen molar-refractivity contribution in [3.05, 3.63) is 35.9 Å². The molecular formula is C30H50O3. The van der Waals surface area contributed by atoms with Crippen molar-refractivity contribution in [3.8, 4) is 0 Å². The summed E-state index contributed by atoms with van der Waals surface area (Å²) in [7, 11) is 0. The number of benzene rings is 1. The summed E-state index contributed by atoms with van der Waals surface area (Å²) >= 11 is 0. The molecule has 3 heteroatoms. The fourth-order valence-electron chi connectivity index (χ4n) is 5.40. The molecule has 1 heterocycles. The normalized spacial score (nSPS) is 21.1. The number of rotatable bonds is 16. The molecule has 1 aromatic carbocycles. The Labute approximate surface area is 204 Å². The van der Waals surface area contributed by atoms with Crippen LogP contribution in [0.3, 0.4) is 0 Å². The number of ether oxygens (including phenoxy) is 3. The standard InChI is InChI=1S/C30H50O3/c1-26(2)18-12-8-6-4-3-5-7-9-15-21-28(31-24-27-19-13-10-14-20-27)29-25-32-30(33-29)22-16-11-17-23-30/h10,13-14,19-20,26,28-29H,3-9,11-12,15-18,21-25H2,1-2H3/t28-,29-/m1/s1. The maximum absolute atomic E-state index is 6.55. The van der Waals surface area contributed by atoms with Gasteiger partial charge in [-0.2, -0.15) is 0 Å². The highest BCUT2D eigenvalue weighted by atomic mass is 16.8. The molecule has 1 spiro atoms. The minimum atomic E-state index is -0.313. The first-order valence-corrected chi connectivity index (χ1v) is 14.1. The van der Waals surface area contributed by atoms with Gasteiger partial charge in [-0.1, -0.05) is 115 Å². The molecule has 1 aliphatic carbocycles. The number of hydrogen-bond donors (Lipinski definition) is 0. The van der Waals surface area contributed by atoms with Crippen molar-refractivity contribution in [2.24, 2.45) is 5.92 Å². The van der Waals surface area contributed by atoms with E-state index < -0.39 is 0 Å². The van der Waals surface area contributed by atoms with E-state index >= 15 is 0 Å². The Morgan fingerprint density at radius 2 is 1.42 bits per heavy atom. The molecule has 188 valence electrons. The van der Waals surface area contributed by atoms with Crippen LogP contribution in [0.15, 0.2) is 30.3 Å². The summed E-state index contributed by atoms with van der Waals surface area (Å²) in [6.45, 7) is 6.01. The van der Waals surface area contributed by atoms with Crippen molar-refractivity contribution < 1.29 is 14.2 Å². The monoisotopic (exact) mass is 458 g/mol. The van der Waals surface area contributed by atoms with Gasteiger partial charge in [0.05, 0.1) is 19.3 Å². The average Bonchev–Trinajstić information content (AvgIpc) is 3.23. The first-order chi connectivity index (χ1) is 16.2. The second-order valence-corrected chi connectivity index (χ2v) is 10.9. The maximum atomic E-state index is 6.55. The molecule has 2 aliphatic rings. The third-order valence-electron chi connectivity index (χ3n) is 7.48. The van der Waals surface area contributed by atoms with Gasteiger partial charge in [-0.05, 0) is 30.7 Å². The average molecular weight is 459 g/mol. The molecule has 0 aromatic heterocycles. The molecule has 0 N–H and O–H groups in total. The van der Waals surface area contributed by atoms with Gasteiger partial charge in [0, 0.05) is 12.8 Å². The topological polar surface area (TPSA) is 27.7 Å². The molecule has 3 nitrogen and oxygen atoms in total. The van der Waals surface area contributed by atoms with Gasteiger partial charge in [0.2, 0.25) is 0 Å². The Bertz CT molecular complexity index is 608. The first-order valence-electron chi connectivity index (χ1n) is 14.1. The second-order valence-electron chi connectivity index (χ2n) is 10.9.